The molecule has 3 rings (SSSR count). The molecule has 3 N–H and O–H groups in total. The molecule has 0 saturated carbocycles. The van der Waals surface area contributed by atoms with E-state index in [4.69, 9.17) is 0 Å². The first kappa shape index (κ1) is 20.7. The number of hydrogen-bond acceptors (Lipinski definition) is 4. The van der Waals surface area contributed by atoms with Crippen molar-refractivity contribution < 1.29 is 22.8 Å². The smallest absolute Gasteiger partial charge is 0.243 e. The molecular weight excluding hydrogens is 405 g/mol. The maximum absolute atomic E-state index is 13.5. The lowest BCUT2D eigenvalue weighted by Crippen LogP contribution is -2.34. The highest BCUT2D eigenvalue weighted by atomic mass is 32.2. The summed E-state index contributed by atoms with van der Waals surface area (Å²) in [5, 5.41) is 4.39. The van der Waals surface area contributed by atoms with E-state index in [2.05, 4.69) is 20.6 Å². The van der Waals surface area contributed by atoms with Gasteiger partial charge in [0.1, 0.15) is 5.82 Å². The molecule has 0 aliphatic heterocycles. The highest BCUT2D eigenvalue weighted by Crippen LogP contribution is 2.27. The third kappa shape index (κ3) is 5.08. The fourth-order valence-electron chi connectivity index (χ4n) is 2.49. The molecule has 0 saturated heterocycles. The maximum Gasteiger partial charge on any atom is 0.243 e. The molecular formula is C19H17F3N4O2S. The van der Waals surface area contributed by atoms with E-state index in [-0.39, 0.29) is 11.0 Å². The van der Waals surface area contributed by atoms with Gasteiger partial charge in [0.25, 0.3) is 0 Å². The molecule has 6 nitrogen and oxygen atoms in total. The van der Waals surface area contributed by atoms with Gasteiger partial charge in [-0.3, -0.25) is 9.59 Å². The number of fused-ring (bicyclic) bond motifs is 1. The van der Waals surface area contributed by atoms with Crippen molar-refractivity contribution in [1.29, 1.82) is 0 Å². The van der Waals surface area contributed by atoms with E-state index in [9.17, 15) is 22.8 Å². The van der Waals surface area contributed by atoms with Crippen molar-refractivity contribution in [3.8, 4) is 0 Å². The second kappa shape index (κ2) is 8.99. The van der Waals surface area contributed by atoms with Crippen LogP contribution in [-0.2, 0) is 9.59 Å². The molecule has 0 bridgehead atoms. The number of aromatic nitrogens is 2. The number of imidazole rings is 1. The first-order valence-corrected chi connectivity index (χ1v) is 9.66. The number of benzene rings is 2. The topological polar surface area (TPSA) is 86.9 Å². The lowest BCUT2D eigenvalue weighted by atomic mass is 10.2. The van der Waals surface area contributed by atoms with Crippen molar-refractivity contribution in [2.75, 3.05) is 17.6 Å². The molecule has 3 aromatic rings. The van der Waals surface area contributed by atoms with E-state index >= 15 is 0 Å². The lowest BCUT2D eigenvalue weighted by Gasteiger charge is -2.10. The summed E-state index contributed by atoms with van der Waals surface area (Å²) in [5.74, 6) is -4.90. The van der Waals surface area contributed by atoms with Crippen molar-refractivity contribution in [2.45, 2.75) is 12.2 Å². The summed E-state index contributed by atoms with van der Waals surface area (Å²) in [6.07, 6.45) is 0. The van der Waals surface area contributed by atoms with Gasteiger partial charge >= 0.3 is 0 Å². The van der Waals surface area contributed by atoms with Crippen LogP contribution in [0, 0.1) is 17.5 Å². The normalized spacial score (nSPS) is 12.0. The third-order valence-electron chi connectivity index (χ3n) is 4.01. The maximum atomic E-state index is 13.5. The largest absolute Gasteiger partial charge is 0.346 e. The van der Waals surface area contributed by atoms with Gasteiger partial charge in [-0.15, -0.1) is 11.8 Å². The highest BCUT2D eigenvalue weighted by molar-refractivity contribution is 8.00. The van der Waals surface area contributed by atoms with Crippen LogP contribution in [0.4, 0.5) is 18.9 Å². The SMILES string of the molecule is CC(SCC(=O)NCC(=O)Nc1ccc(F)c(F)c1F)c1nc2ccccc2[nH]1. The van der Waals surface area contributed by atoms with Gasteiger partial charge in [0.2, 0.25) is 11.8 Å². The van der Waals surface area contributed by atoms with Crippen molar-refractivity contribution in [1.82, 2.24) is 15.3 Å². The van der Waals surface area contributed by atoms with Crippen molar-refractivity contribution in [2.24, 2.45) is 0 Å². The Balaban J connectivity index is 1.46. The molecule has 1 aromatic heterocycles. The van der Waals surface area contributed by atoms with Crippen LogP contribution >= 0.6 is 11.8 Å². The molecule has 1 unspecified atom stereocenters. The Morgan fingerprint density at radius 2 is 1.86 bits per heavy atom. The van der Waals surface area contributed by atoms with E-state index in [0.29, 0.717) is 6.07 Å². The van der Waals surface area contributed by atoms with Gasteiger partial charge in [0, 0.05) is 0 Å². The van der Waals surface area contributed by atoms with Crippen LogP contribution in [0.5, 0.6) is 0 Å². The highest BCUT2D eigenvalue weighted by Gasteiger charge is 2.16. The van der Waals surface area contributed by atoms with Crippen LogP contribution in [0.1, 0.15) is 18.0 Å². The second-order valence-corrected chi connectivity index (χ2v) is 7.47. The van der Waals surface area contributed by atoms with E-state index < -0.39 is 41.5 Å². The van der Waals surface area contributed by atoms with Crippen LogP contribution in [0.3, 0.4) is 0 Å². The molecule has 152 valence electrons. The number of aromatic amines is 1. The fourth-order valence-corrected chi connectivity index (χ4v) is 3.26. The van der Waals surface area contributed by atoms with Crippen LogP contribution in [-0.4, -0.2) is 34.1 Å². The van der Waals surface area contributed by atoms with Gasteiger partial charge in [-0.05, 0) is 31.2 Å². The van der Waals surface area contributed by atoms with E-state index in [1.807, 2.05) is 31.2 Å². The van der Waals surface area contributed by atoms with Gasteiger partial charge in [0.15, 0.2) is 17.5 Å². The average Bonchev–Trinajstić information content (AvgIpc) is 3.15. The summed E-state index contributed by atoms with van der Waals surface area (Å²) in [6, 6.07) is 9.17. The Hall–Kier alpha value is -3.01. The standard InChI is InChI=1S/C19H17F3N4O2S/c1-10(19-25-12-4-2-3-5-13(12)26-19)29-9-16(28)23-8-15(27)24-14-7-6-11(20)17(21)18(14)22/h2-7,10H,8-9H2,1H3,(H,23,28)(H,24,27)(H,25,26). The summed E-state index contributed by atoms with van der Waals surface area (Å²) in [5.41, 5.74) is 1.23. The van der Waals surface area contributed by atoms with Crippen LogP contribution < -0.4 is 10.6 Å². The van der Waals surface area contributed by atoms with Gasteiger partial charge in [-0.2, -0.15) is 0 Å². The predicted octanol–water partition coefficient (Wildman–Crippen LogP) is 3.53. The monoisotopic (exact) mass is 422 g/mol. The van der Waals surface area contributed by atoms with E-state index in [0.717, 1.165) is 22.9 Å². The number of nitrogens with one attached hydrogen (secondary N) is 3. The molecule has 1 atom stereocenters. The number of nitrogens with zero attached hydrogens (tertiary/aromatic N) is 1. The average molecular weight is 422 g/mol. The Bertz CT molecular complexity index is 1020. The molecule has 10 heteroatoms. The fraction of sp³-hybridized carbons (Fsp3) is 0.211. The minimum Gasteiger partial charge on any atom is -0.346 e. The zero-order valence-corrected chi connectivity index (χ0v) is 16.1. The molecule has 0 aliphatic rings. The number of carbonyl (C=O) groups excluding carboxylic acids is 2. The number of para-hydroxylation sites is 2. The molecule has 0 aliphatic carbocycles. The number of halogens is 3. The van der Waals surface area contributed by atoms with E-state index in [1.165, 1.54) is 11.8 Å². The third-order valence-corrected chi connectivity index (χ3v) is 5.16. The number of amides is 2. The summed E-state index contributed by atoms with van der Waals surface area (Å²) in [4.78, 5) is 31.4. The van der Waals surface area contributed by atoms with Crippen LogP contribution in [0.15, 0.2) is 36.4 Å². The Morgan fingerprint density at radius 3 is 2.62 bits per heavy atom. The molecule has 1 heterocycles. The summed E-state index contributed by atoms with van der Waals surface area (Å²) >= 11 is 1.33. The molecule has 0 spiro atoms. The lowest BCUT2D eigenvalue weighted by molar-refractivity contribution is -0.122. The number of hydrogen-bond donors (Lipinski definition) is 3. The quantitative estimate of drug-likeness (QED) is 0.509. The molecule has 0 fully saturated rings. The Kier molecular flexibility index (Phi) is 6.42. The van der Waals surface area contributed by atoms with Gasteiger partial charge in [0.05, 0.1) is 34.3 Å². The zero-order chi connectivity index (χ0) is 21.0. The summed E-state index contributed by atoms with van der Waals surface area (Å²) in [6.45, 7) is 1.46. The van der Waals surface area contributed by atoms with Gasteiger partial charge in [-0.25, -0.2) is 18.2 Å². The molecule has 2 amide bonds. The van der Waals surface area contributed by atoms with Gasteiger partial charge in [-0.1, -0.05) is 12.1 Å². The van der Waals surface area contributed by atoms with Crippen molar-refractivity contribution in [3.05, 3.63) is 59.7 Å². The first-order chi connectivity index (χ1) is 13.8. The van der Waals surface area contributed by atoms with Crippen LogP contribution in [0.2, 0.25) is 0 Å². The van der Waals surface area contributed by atoms with Crippen molar-refractivity contribution >= 4 is 40.3 Å². The number of anilines is 1. The Labute approximate surface area is 168 Å². The summed E-state index contributed by atoms with van der Waals surface area (Å²) in [7, 11) is 0. The van der Waals surface area contributed by atoms with E-state index in [1.54, 1.807) is 0 Å². The first-order valence-electron chi connectivity index (χ1n) is 8.61. The predicted molar refractivity (Wildman–Crippen MR) is 105 cm³/mol. The minimum atomic E-state index is -1.68. The molecule has 29 heavy (non-hydrogen) atoms. The zero-order valence-electron chi connectivity index (χ0n) is 15.3. The number of H-pyrrole nitrogens is 1. The Morgan fingerprint density at radius 1 is 1.10 bits per heavy atom. The summed E-state index contributed by atoms with van der Waals surface area (Å²) < 4.78 is 39.6. The minimum absolute atomic E-state index is 0.0744. The molecule has 0 radical (unpaired) electrons. The second-order valence-electron chi connectivity index (χ2n) is 6.14. The molecule has 2 aromatic carbocycles. The number of thioether (sulfide) groups is 1. The van der Waals surface area contributed by atoms with Gasteiger partial charge < -0.3 is 15.6 Å². The number of rotatable bonds is 7. The van der Waals surface area contributed by atoms with Crippen molar-refractivity contribution in [3.63, 3.8) is 0 Å². The van der Waals surface area contributed by atoms with Crippen LogP contribution in [0.25, 0.3) is 11.0 Å². The number of carbonyl (C=O) groups is 2.